The first-order chi connectivity index (χ1) is 15.3. The SMILES string of the molecule is CC[C@@H](NC(=O)OCC1c2ccccc2-c2ccccc21)C(=O)N[C@@H](CN(C)C)C(=O)O. The molecule has 8 heteroatoms. The minimum atomic E-state index is -1.14. The van der Waals surface area contributed by atoms with E-state index in [9.17, 15) is 19.5 Å². The van der Waals surface area contributed by atoms with E-state index in [1.54, 1.807) is 25.9 Å². The average Bonchev–Trinajstić information content (AvgIpc) is 3.09. The van der Waals surface area contributed by atoms with Gasteiger partial charge in [0.05, 0.1) is 0 Å². The van der Waals surface area contributed by atoms with Crippen LogP contribution in [0.25, 0.3) is 11.1 Å². The zero-order valence-corrected chi connectivity index (χ0v) is 18.5. The summed E-state index contributed by atoms with van der Waals surface area (Å²) in [7, 11) is 3.43. The Labute approximate surface area is 187 Å². The Morgan fingerprint density at radius 2 is 1.53 bits per heavy atom. The van der Waals surface area contributed by atoms with Gasteiger partial charge >= 0.3 is 12.1 Å². The maximum atomic E-state index is 12.5. The number of alkyl carbamates (subject to hydrolysis) is 1. The lowest BCUT2D eigenvalue weighted by atomic mass is 9.98. The van der Waals surface area contributed by atoms with Crippen molar-refractivity contribution in [3.63, 3.8) is 0 Å². The molecule has 2 amide bonds. The van der Waals surface area contributed by atoms with Gasteiger partial charge in [-0.05, 0) is 42.8 Å². The zero-order chi connectivity index (χ0) is 23.3. The van der Waals surface area contributed by atoms with Gasteiger partial charge in [0, 0.05) is 12.5 Å². The van der Waals surface area contributed by atoms with Gasteiger partial charge in [-0.3, -0.25) is 4.79 Å². The molecule has 8 nitrogen and oxygen atoms in total. The molecule has 0 aromatic heterocycles. The third-order valence-electron chi connectivity index (χ3n) is 5.52. The van der Waals surface area contributed by atoms with E-state index in [-0.39, 0.29) is 19.1 Å². The number of benzene rings is 2. The van der Waals surface area contributed by atoms with Crippen LogP contribution in [0.2, 0.25) is 0 Å². The molecule has 0 heterocycles. The van der Waals surface area contributed by atoms with Crippen LogP contribution < -0.4 is 10.6 Å². The molecule has 0 saturated carbocycles. The summed E-state index contributed by atoms with van der Waals surface area (Å²) in [5, 5.41) is 14.4. The van der Waals surface area contributed by atoms with E-state index in [0.29, 0.717) is 6.42 Å². The number of aliphatic carboxylic acids is 1. The number of carboxylic acids is 1. The molecule has 2 aromatic rings. The van der Waals surface area contributed by atoms with Crippen LogP contribution in [0.4, 0.5) is 4.79 Å². The number of hydrogen-bond donors (Lipinski definition) is 3. The minimum Gasteiger partial charge on any atom is -0.480 e. The van der Waals surface area contributed by atoms with Crippen molar-refractivity contribution >= 4 is 18.0 Å². The number of carbonyl (C=O) groups is 3. The van der Waals surface area contributed by atoms with Gasteiger partial charge < -0.3 is 25.4 Å². The van der Waals surface area contributed by atoms with Crippen LogP contribution in [0.1, 0.15) is 30.4 Å². The van der Waals surface area contributed by atoms with Crippen LogP contribution >= 0.6 is 0 Å². The summed E-state index contributed by atoms with van der Waals surface area (Å²) >= 11 is 0. The number of nitrogens with zero attached hydrogens (tertiary/aromatic N) is 1. The lowest BCUT2D eigenvalue weighted by Crippen LogP contribution is -2.54. The van der Waals surface area contributed by atoms with Crippen LogP contribution in [-0.4, -0.2) is 67.3 Å². The summed E-state index contributed by atoms with van der Waals surface area (Å²) in [6.45, 7) is 2.01. The molecule has 0 fully saturated rings. The zero-order valence-electron chi connectivity index (χ0n) is 18.5. The summed E-state index contributed by atoms with van der Waals surface area (Å²) in [5.74, 6) is -1.78. The number of carboxylic acid groups (broad SMARTS) is 1. The monoisotopic (exact) mass is 439 g/mol. The highest BCUT2D eigenvalue weighted by atomic mass is 16.5. The summed E-state index contributed by atoms with van der Waals surface area (Å²) in [4.78, 5) is 38.1. The molecule has 1 aliphatic rings. The van der Waals surface area contributed by atoms with Crippen molar-refractivity contribution in [1.29, 1.82) is 0 Å². The van der Waals surface area contributed by atoms with E-state index in [1.165, 1.54) is 0 Å². The van der Waals surface area contributed by atoms with E-state index < -0.39 is 30.1 Å². The average molecular weight is 440 g/mol. The molecule has 32 heavy (non-hydrogen) atoms. The minimum absolute atomic E-state index is 0.0847. The number of rotatable bonds is 9. The van der Waals surface area contributed by atoms with Crippen LogP contribution in [0.5, 0.6) is 0 Å². The van der Waals surface area contributed by atoms with Gasteiger partial charge in [0.15, 0.2) is 0 Å². The second-order valence-electron chi connectivity index (χ2n) is 8.09. The van der Waals surface area contributed by atoms with Gasteiger partial charge in [0.1, 0.15) is 18.7 Å². The Balaban J connectivity index is 1.61. The molecular weight excluding hydrogens is 410 g/mol. The predicted octanol–water partition coefficient (Wildman–Crippen LogP) is 2.43. The molecule has 0 spiro atoms. The van der Waals surface area contributed by atoms with E-state index in [0.717, 1.165) is 22.3 Å². The van der Waals surface area contributed by atoms with Crippen molar-refractivity contribution in [3.8, 4) is 11.1 Å². The highest BCUT2D eigenvalue weighted by Gasteiger charge is 2.30. The fourth-order valence-electron chi connectivity index (χ4n) is 3.96. The van der Waals surface area contributed by atoms with Gasteiger partial charge in [0.25, 0.3) is 0 Å². The summed E-state index contributed by atoms with van der Waals surface area (Å²) in [6.07, 6.45) is -0.419. The van der Waals surface area contributed by atoms with Crippen molar-refractivity contribution in [2.24, 2.45) is 0 Å². The Morgan fingerprint density at radius 3 is 2.03 bits per heavy atom. The Morgan fingerprint density at radius 1 is 0.969 bits per heavy atom. The molecule has 0 aliphatic heterocycles. The highest BCUT2D eigenvalue weighted by molar-refractivity contribution is 5.89. The maximum absolute atomic E-state index is 12.5. The Bertz CT molecular complexity index is 946. The maximum Gasteiger partial charge on any atom is 0.407 e. The highest BCUT2D eigenvalue weighted by Crippen LogP contribution is 2.44. The quantitative estimate of drug-likeness (QED) is 0.554. The molecule has 3 N–H and O–H groups in total. The van der Waals surface area contributed by atoms with Gasteiger partial charge in [-0.2, -0.15) is 0 Å². The summed E-state index contributed by atoms with van der Waals surface area (Å²) < 4.78 is 5.48. The van der Waals surface area contributed by atoms with Crippen LogP contribution in [0, 0.1) is 0 Å². The number of hydrogen-bond acceptors (Lipinski definition) is 5. The van der Waals surface area contributed by atoms with Crippen LogP contribution in [0.15, 0.2) is 48.5 Å². The summed E-state index contributed by atoms with van der Waals surface area (Å²) in [6, 6.07) is 14.1. The number of carbonyl (C=O) groups excluding carboxylic acids is 2. The molecule has 1 aliphatic carbocycles. The molecule has 0 unspecified atom stereocenters. The second-order valence-corrected chi connectivity index (χ2v) is 8.09. The Kier molecular flexibility index (Phi) is 7.48. The first-order valence-electron chi connectivity index (χ1n) is 10.6. The van der Waals surface area contributed by atoms with Crippen molar-refractivity contribution < 1.29 is 24.2 Å². The standard InChI is InChI=1S/C24H29N3O5/c1-4-20(22(28)25-21(23(29)30)13-27(2)3)26-24(31)32-14-19-17-11-7-5-9-15(17)16-10-6-8-12-18(16)19/h5-12,19-21H,4,13-14H2,1-3H3,(H,25,28)(H,26,31)(H,29,30)/t20-,21+/m1/s1. The van der Waals surface area contributed by atoms with Crippen LogP contribution in [-0.2, 0) is 14.3 Å². The first-order valence-corrected chi connectivity index (χ1v) is 10.6. The third kappa shape index (κ3) is 5.26. The predicted molar refractivity (Wildman–Crippen MR) is 120 cm³/mol. The topological polar surface area (TPSA) is 108 Å². The second kappa shape index (κ2) is 10.3. The normalized spacial score (nSPS) is 14.2. The molecule has 3 rings (SSSR count). The van der Waals surface area contributed by atoms with E-state index in [2.05, 4.69) is 22.8 Å². The molecule has 0 saturated heterocycles. The largest absolute Gasteiger partial charge is 0.480 e. The van der Waals surface area contributed by atoms with E-state index in [1.807, 2.05) is 36.4 Å². The van der Waals surface area contributed by atoms with Crippen molar-refractivity contribution in [1.82, 2.24) is 15.5 Å². The smallest absolute Gasteiger partial charge is 0.407 e. The van der Waals surface area contributed by atoms with Gasteiger partial charge in [-0.15, -0.1) is 0 Å². The molecule has 170 valence electrons. The number of nitrogens with one attached hydrogen (secondary N) is 2. The fourth-order valence-corrected chi connectivity index (χ4v) is 3.96. The fraction of sp³-hybridized carbons (Fsp3) is 0.375. The number of amides is 2. The van der Waals surface area contributed by atoms with E-state index >= 15 is 0 Å². The number of likely N-dealkylation sites (N-methyl/N-ethyl adjacent to an activating group) is 1. The Hall–Kier alpha value is -3.39. The third-order valence-corrected chi connectivity index (χ3v) is 5.52. The number of fused-ring (bicyclic) bond motifs is 3. The molecule has 2 aromatic carbocycles. The molecule has 2 atom stereocenters. The number of ether oxygens (including phenoxy) is 1. The lowest BCUT2D eigenvalue weighted by molar-refractivity contribution is -0.142. The van der Waals surface area contributed by atoms with E-state index in [4.69, 9.17) is 4.74 Å². The first kappa shape index (κ1) is 23.3. The van der Waals surface area contributed by atoms with Crippen molar-refractivity contribution in [2.75, 3.05) is 27.2 Å². The van der Waals surface area contributed by atoms with Crippen molar-refractivity contribution in [3.05, 3.63) is 59.7 Å². The van der Waals surface area contributed by atoms with Gasteiger partial charge in [-0.25, -0.2) is 9.59 Å². The lowest BCUT2D eigenvalue weighted by Gasteiger charge is -2.22. The van der Waals surface area contributed by atoms with Gasteiger partial charge in [0.2, 0.25) is 5.91 Å². The molecular formula is C24H29N3O5. The van der Waals surface area contributed by atoms with Crippen molar-refractivity contribution in [2.45, 2.75) is 31.3 Å². The van der Waals surface area contributed by atoms with Gasteiger partial charge in [-0.1, -0.05) is 55.5 Å². The molecule has 0 radical (unpaired) electrons. The van der Waals surface area contributed by atoms with Crippen LogP contribution in [0.3, 0.4) is 0 Å². The molecule has 0 bridgehead atoms. The summed E-state index contributed by atoms with van der Waals surface area (Å²) in [5.41, 5.74) is 4.45.